The molecule has 26 heavy (non-hydrogen) atoms. The maximum atomic E-state index is 12.0. The Balaban J connectivity index is 1.71. The first-order chi connectivity index (χ1) is 12.6. The number of carbonyl (C=O) groups excluding carboxylic acids is 3. The summed E-state index contributed by atoms with van der Waals surface area (Å²) in [6.07, 6.45) is 3.62. The summed E-state index contributed by atoms with van der Waals surface area (Å²) in [5, 5.41) is 2.46. The number of amides is 1. The summed E-state index contributed by atoms with van der Waals surface area (Å²) in [5.74, 6) is -0.735. The highest BCUT2D eigenvalue weighted by Crippen LogP contribution is 2.12. The van der Waals surface area contributed by atoms with Crippen LogP contribution in [0.2, 0.25) is 0 Å². The molecule has 1 amide bonds. The maximum Gasteiger partial charge on any atom is 0.325 e. The van der Waals surface area contributed by atoms with Crippen LogP contribution >= 0.6 is 0 Å². The smallest absolute Gasteiger partial charge is 0.325 e. The number of Topliss-reactive ketones (excluding diaryl/α,β-unsaturated/α-hetero) is 1. The van der Waals surface area contributed by atoms with Gasteiger partial charge in [0.1, 0.15) is 12.3 Å². The molecule has 1 heterocycles. The average Bonchev–Trinajstić information content (AvgIpc) is 3.20. The first-order valence-electron chi connectivity index (χ1n) is 8.43. The third-order valence-corrected chi connectivity index (χ3v) is 3.54. The fourth-order valence-corrected chi connectivity index (χ4v) is 2.07. The molecule has 0 saturated heterocycles. The monoisotopic (exact) mass is 358 g/mol. The number of unbranched alkanes of at least 4 members (excludes halogenated alkanes) is 1. The molecule has 0 aliphatic carbocycles. The van der Waals surface area contributed by atoms with Gasteiger partial charge < -0.3 is 19.8 Å². The molecule has 0 fully saturated rings. The number of aromatic nitrogens is 1. The van der Waals surface area contributed by atoms with Crippen LogP contribution < -0.4 is 10.1 Å². The molecule has 7 heteroatoms. The van der Waals surface area contributed by atoms with Crippen LogP contribution in [-0.4, -0.2) is 42.4 Å². The molecule has 0 saturated carbocycles. The van der Waals surface area contributed by atoms with Crippen molar-refractivity contribution in [3.05, 3.63) is 53.9 Å². The van der Waals surface area contributed by atoms with E-state index in [-0.39, 0.29) is 18.9 Å². The second-order valence-electron chi connectivity index (χ2n) is 5.58. The normalized spacial score (nSPS) is 10.2. The predicted molar refractivity (Wildman–Crippen MR) is 95.3 cm³/mol. The van der Waals surface area contributed by atoms with E-state index >= 15 is 0 Å². The Hall–Kier alpha value is -3.09. The van der Waals surface area contributed by atoms with E-state index in [9.17, 15) is 14.4 Å². The van der Waals surface area contributed by atoms with Gasteiger partial charge in [-0.05, 0) is 42.8 Å². The highest BCUT2D eigenvalue weighted by atomic mass is 16.5. The van der Waals surface area contributed by atoms with Crippen LogP contribution in [0.4, 0.5) is 0 Å². The number of benzene rings is 1. The molecule has 0 spiro atoms. The van der Waals surface area contributed by atoms with E-state index in [1.165, 1.54) is 0 Å². The van der Waals surface area contributed by atoms with Crippen LogP contribution in [0.15, 0.2) is 42.6 Å². The van der Waals surface area contributed by atoms with Crippen molar-refractivity contribution in [1.82, 2.24) is 10.3 Å². The van der Waals surface area contributed by atoms with Gasteiger partial charge in [0, 0.05) is 11.8 Å². The molecule has 0 unspecified atom stereocenters. The summed E-state index contributed by atoms with van der Waals surface area (Å²) in [6, 6.07) is 9.92. The highest BCUT2D eigenvalue weighted by Gasteiger charge is 2.12. The minimum Gasteiger partial charge on any atom is -0.494 e. The fourth-order valence-electron chi connectivity index (χ4n) is 2.07. The zero-order chi connectivity index (χ0) is 18.8. The largest absolute Gasteiger partial charge is 0.494 e. The van der Waals surface area contributed by atoms with Gasteiger partial charge in [0.2, 0.25) is 5.78 Å². The Morgan fingerprint density at radius 1 is 1.12 bits per heavy atom. The SMILES string of the molecule is CCCCOc1ccc(C(=O)NCC(=O)OCC(=O)c2ccc[nH]2)cc1. The van der Waals surface area contributed by atoms with Crippen molar-refractivity contribution in [1.29, 1.82) is 0 Å². The molecule has 2 N–H and O–H groups in total. The molecule has 0 aliphatic rings. The second kappa shape index (κ2) is 10.0. The lowest BCUT2D eigenvalue weighted by atomic mass is 10.2. The lowest BCUT2D eigenvalue weighted by Gasteiger charge is -2.08. The van der Waals surface area contributed by atoms with Crippen molar-refractivity contribution in [3.8, 4) is 5.75 Å². The molecule has 7 nitrogen and oxygen atoms in total. The standard InChI is InChI=1S/C19H22N2O5/c1-2-3-11-25-15-8-6-14(7-9-15)19(24)21-12-18(23)26-13-17(22)16-5-4-10-20-16/h4-10,20H,2-3,11-13H2,1H3,(H,21,24). The van der Waals surface area contributed by atoms with E-state index in [4.69, 9.17) is 9.47 Å². The van der Waals surface area contributed by atoms with Gasteiger partial charge in [-0.2, -0.15) is 0 Å². The topological polar surface area (TPSA) is 97.5 Å². The number of rotatable bonds is 10. The Morgan fingerprint density at radius 2 is 1.88 bits per heavy atom. The summed E-state index contributed by atoms with van der Waals surface area (Å²) >= 11 is 0. The van der Waals surface area contributed by atoms with Crippen molar-refractivity contribution in [2.45, 2.75) is 19.8 Å². The molecular formula is C19H22N2O5. The van der Waals surface area contributed by atoms with Crippen LogP contribution in [0, 0.1) is 0 Å². The number of carbonyl (C=O) groups is 3. The first-order valence-corrected chi connectivity index (χ1v) is 8.43. The molecule has 1 aromatic heterocycles. The number of ketones is 1. The first kappa shape index (κ1) is 19.2. The number of ether oxygens (including phenoxy) is 2. The van der Waals surface area contributed by atoms with Gasteiger partial charge >= 0.3 is 5.97 Å². The number of hydrogen-bond acceptors (Lipinski definition) is 5. The van der Waals surface area contributed by atoms with Crippen molar-refractivity contribution >= 4 is 17.7 Å². The lowest BCUT2D eigenvalue weighted by molar-refractivity contribution is -0.141. The minimum absolute atomic E-state index is 0.314. The number of H-pyrrole nitrogens is 1. The minimum atomic E-state index is -0.683. The third-order valence-electron chi connectivity index (χ3n) is 3.54. The average molecular weight is 358 g/mol. The van der Waals surface area contributed by atoms with Crippen molar-refractivity contribution in [3.63, 3.8) is 0 Å². The van der Waals surface area contributed by atoms with Crippen LogP contribution in [-0.2, 0) is 9.53 Å². The Bertz CT molecular complexity index is 723. The van der Waals surface area contributed by atoms with Crippen molar-refractivity contribution in [2.75, 3.05) is 19.8 Å². The van der Waals surface area contributed by atoms with Gasteiger partial charge in [-0.15, -0.1) is 0 Å². The summed E-state index contributed by atoms with van der Waals surface area (Å²) in [4.78, 5) is 38.1. The van der Waals surface area contributed by atoms with E-state index in [1.807, 2.05) is 0 Å². The van der Waals surface area contributed by atoms with E-state index < -0.39 is 11.9 Å². The van der Waals surface area contributed by atoms with Crippen molar-refractivity contribution < 1.29 is 23.9 Å². The molecule has 138 valence electrons. The Kier molecular flexibility index (Phi) is 7.42. The van der Waals surface area contributed by atoms with Gasteiger partial charge in [-0.3, -0.25) is 14.4 Å². The number of hydrogen-bond donors (Lipinski definition) is 2. The van der Waals surface area contributed by atoms with Crippen LogP contribution in [0.1, 0.15) is 40.6 Å². The second-order valence-corrected chi connectivity index (χ2v) is 5.58. The molecule has 1 aromatic carbocycles. The quantitative estimate of drug-likeness (QED) is 0.386. The van der Waals surface area contributed by atoms with Gasteiger partial charge in [0.25, 0.3) is 5.91 Å². The summed E-state index contributed by atoms with van der Waals surface area (Å²) in [6.45, 7) is 2.03. The van der Waals surface area contributed by atoms with Crippen LogP contribution in [0.5, 0.6) is 5.75 Å². The van der Waals surface area contributed by atoms with E-state index in [1.54, 1.807) is 42.6 Å². The maximum absolute atomic E-state index is 12.0. The zero-order valence-electron chi connectivity index (χ0n) is 14.6. The molecule has 0 atom stereocenters. The number of nitrogens with one attached hydrogen (secondary N) is 2. The third kappa shape index (κ3) is 6.08. The molecule has 0 bridgehead atoms. The van der Waals surface area contributed by atoms with Gasteiger partial charge in [-0.25, -0.2) is 0 Å². The number of aromatic amines is 1. The Labute approximate surface area is 151 Å². The number of esters is 1. The lowest BCUT2D eigenvalue weighted by Crippen LogP contribution is -2.31. The molecule has 0 aliphatic heterocycles. The molecule has 2 aromatic rings. The molecular weight excluding hydrogens is 336 g/mol. The van der Waals surface area contributed by atoms with Gasteiger partial charge in [-0.1, -0.05) is 13.3 Å². The zero-order valence-corrected chi connectivity index (χ0v) is 14.6. The highest BCUT2D eigenvalue weighted by molar-refractivity contribution is 5.97. The predicted octanol–water partition coefficient (Wildman–Crippen LogP) is 2.35. The van der Waals surface area contributed by atoms with Gasteiger partial charge in [0.05, 0.1) is 12.3 Å². The van der Waals surface area contributed by atoms with E-state index in [0.29, 0.717) is 23.6 Å². The summed E-state index contributed by atoms with van der Waals surface area (Å²) in [7, 11) is 0. The Morgan fingerprint density at radius 3 is 2.54 bits per heavy atom. The van der Waals surface area contributed by atoms with Gasteiger partial charge in [0.15, 0.2) is 6.61 Å². The van der Waals surface area contributed by atoms with E-state index in [2.05, 4.69) is 17.2 Å². The molecule has 2 rings (SSSR count). The van der Waals surface area contributed by atoms with E-state index in [0.717, 1.165) is 12.8 Å². The van der Waals surface area contributed by atoms with Crippen molar-refractivity contribution in [2.24, 2.45) is 0 Å². The fraction of sp³-hybridized carbons (Fsp3) is 0.316. The van der Waals surface area contributed by atoms with Crippen LogP contribution in [0.3, 0.4) is 0 Å². The van der Waals surface area contributed by atoms with Crippen LogP contribution in [0.25, 0.3) is 0 Å². The summed E-state index contributed by atoms with van der Waals surface area (Å²) in [5.41, 5.74) is 0.770. The molecule has 0 radical (unpaired) electrons. The summed E-state index contributed by atoms with van der Waals surface area (Å²) < 4.78 is 10.4.